The number of aromatic carboxylic acids is 1. The molecule has 0 spiro atoms. The van der Waals surface area contributed by atoms with Crippen LogP contribution >= 0.6 is 0 Å². The molecule has 44 heavy (non-hydrogen) atoms. The van der Waals surface area contributed by atoms with E-state index in [1.165, 1.54) is 19.9 Å². The van der Waals surface area contributed by atoms with E-state index in [9.17, 15) is 55.7 Å². The summed E-state index contributed by atoms with van der Waals surface area (Å²) in [7, 11) is 0. The van der Waals surface area contributed by atoms with Crippen molar-refractivity contribution in [2.45, 2.75) is 64.1 Å². The Morgan fingerprint density at radius 1 is 0.773 bits per heavy atom. The molecule has 0 saturated heterocycles. The lowest BCUT2D eigenvalue weighted by atomic mass is 9.87. The molecule has 2 N–H and O–H groups in total. The fourth-order valence-corrected chi connectivity index (χ4v) is 3.90. The summed E-state index contributed by atoms with van der Waals surface area (Å²) < 4.78 is 93.3. The lowest BCUT2D eigenvalue weighted by Gasteiger charge is -2.20. The number of alkyl halides is 6. The van der Waals surface area contributed by atoms with Crippen LogP contribution in [0.25, 0.3) is 5.57 Å². The second-order valence-electron chi connectivity index (χ2n) is 9.74. The maximum Gasteiger partial charge on any atom is 0.391 e. The van der Waals surface area contributed by atoms with Crippen LogP contribution in [0, 0.1) is 0 Å². The maximum absolute atomic E-state index is 12.6. The van der Waals surface area contributed by atoms with Gasteiger partial charge in [-0.05, 0) is 56.0 Å². The summed E-state index contributed by atoms with van der Waals surface area (Å²) in [5, 5.41) is 19.4. The van der Waals surface area contributed by atoms with Gasteiger partial charge in [0.15, 0.2) is 0 Å². The Hall–Kier alpha value is -3.92. The van der Waals surface area contributed by atoms with Crippen LogP contribution in [-0.4, -0.2) is 85.1 Å². The van der Waals surface area contributed by atoms with Crippen LogP contribution in [0.5, 0.6) is 0 Å². The van der Waals surface area contributed by atoms with E-state index in [-0.39, 0.29) is 42.8 Å². The summed E-state index contributed by atoms with van der Waals surface area (Å²) in [5.74, 6) is -5.10. The number of rotatable bonds is 15. The minimum atomic E-state index is -4.42. The Morgan fingerprint density at radius 3 is 1.77 bits per heavy atom. The predicted molar refractivity (Wildman–Crippen MR) is 139 cm³/mol. The van der Waals surface area contributed by atoms with Gasteiger partial charge in [-0.15, -0.1) is 0 Å². The first-order valence-electron chi connectivity index (χ1n) is 13.1. The first-order valence-corrected chi connectivity index (χ1v) is 13.1. The molecule has 16 heteroatoms. The third-order valence-electron chi connectivity index (χ3n) is 5.99. The molecule has 0 heterocycles. The molecule has 1 aromatic carbocycles. The summed E-state index contributed by atoms with van der Waals surface area (Å²) in [5.41, 5.74) is -0.987. The fraction of sp³-hybridized carbons (Fsp3) is 0.500. The average Bonchev–Trinajstić information content (AvgIpc) is 2.91. The molecule has 0 fully saturated rings. The molecule has 0 radical (unpaired) electrons. The van der Waals surface area contributed by atoms with Gasteiger partial charge in [-0.25, -0.2) is 19.2 Å². The first kappa shape index (κ1) is 36.3. The third kappa shape index (κ3) is 12.0. The van der Waals surface area contributed by atoms with Crippen molar-refractivity contribution in [2.24, 2.45) is 0 Å². The molecular formula is C28H30F6O10. The number of ether oxygens (including phenoxy) is 4. The van der Waals surface area contributed by atoms with E-state index in [0.29, 0.717) is 5.57 Å². The van der Waals surface area contributed by atoms with E-state index in [1.54, 1.807) is 0 Å². The number of carboxylic acid groups (broad SMARTS) is 2. The number of carbonyl (C=O) groups excluding carboxylic acids is 2. The number of allylic oxidation sites excluding steroid dienone is 1. The number of aliphatic carboxylic acids is 1. The maximum atomic E-state index is 12.6. The van der Waals surface area contributed by atoms with Crippen LogP contribution in [0.15, 0.2) is 35.4 Å². The molecule has 0 saturated carbocycles. The van der Waals surface area contributed by atoms with Crippen LogP contribution in [0.2, 0.25) is 0 Å². The smallest absolute Gasteiger partial charge is 0.391 e. The SMILES string of the molecule is CC(COCCC(F)(F)F)OC(=O)C1=C(C(=O)O)C=C(c2ccc(C(=O)OC(C)COCCC(F)(F)F)c(C(=O)O)c2)CC1. The molecule has 0 amide bonds. The molecule has 244 valence electrons. The highest BCUT2D eigenvalue weighted by Crippen LogP contribution is 2.33. The van der Waals surface area contributed by atoms with E-state index in [2.05, 4.69) is 0 Å². The molecule has 1 aliphatic rings. The van der Waals surface area contributed by atoms with Crippen molar-refractivity contribution in [1.82, 2.24) is 0 Å². The Morgan fingerprint density at radius 2 is 1.30 bits per heavy atom. The van der Waals surface area contributed by atoms with Crippen molar-refractivity contribution in [3.05, 3.63) is 52.1 Å². The highest BCUT2D eigenvalue weighted by molar-refractivity contribution is 6.05. The zero-order valence-corrected chi connectivity index (χ0v) is 23.5. The number of carbonyl (C=O) groups is 4. The topological polar surface area (TPSA) is 146 Å². The second kappa shape index (κ2) is 15.7. The van der Waals surface area contributed by atoms with Gasteiger partial charge >= 0.3 is 36.2 Å². The summed E-state index contributed by atoms with van der Waals surface area (Å²) in [6, 6.07) is 3.58. The fourth-order valence-electron chi connectivity index (χ4n) is 3.90. The average molecular weight is 641 g/mol. The van der Waals surface area contributed by atoms with Crippen LogP contribution in [0.1, 0.15) is 65.8 Å². The molecule has 0 aliphatic heterocycles. The van der Waals surface area contributed by atoms with Gasteiger partial charge in [-0.2, -0.15) is 26.3 Å². The van der Waals surface area contributed by atoms with Crippen molar-refractivity contribution in [1.29, 1.82) is 0 Å². The van der Waals surface area contributed by atoms with Crippen LogP contribution in [0.3, 0.4) is 0 Å². The van der Waals surface area contributed by atoms with E-state index >= 15 is 0 Å². The summed E-state index contributed by atoms with van der Waals surface area (Å²) in [4.78, 5) is 49.1. The number of benzene rings is 1. The van der Waals surface area contributed by atoms with Crippen molar-refractivity contribution in [3.8, 4) is 0 Å². The summed E-state index contributed by atoms with van der Waals surface area (Å²) in [6.07, 6.45) is -12.1. The molecule has 0 bridgehead atoms. The van der Waals surface area contributed by atoms with Gasteiger partial charge in [0.2, 0.25) is 0 Å². The van der Waals surface area contributed by atoms with Gasteiger partial charge in [0, 0.05) is 0 Å². The Labute approximate surface area is 247 Å². The van der Waals surface area contributed by atoms with E-state index in [4.69, 9.17) is 18.9 Å². The van der Waals surface area contributed by atoms with E-state index < -0.39 is 85.6 Å². The van der Waals surface area contributed by atoms with Gasteiger partial charge in [-0.3, -0.25) is 0 Å². The third-order valence-corrected chi connectivity index (χ3v) is 5.99. The zero-order chi connectivity index (χ0) is 33.2. The molecule has 0 aromatic heterocycles. The van der Waals surface area contributed by atoms with Crippen LogP contribution in [-0.2, 0) is 28.5 Å². The first-order chi connectivity index (χ1) is 20.4. The summed E-state index contributed by atoms with van der Waals surface area (Å²) in [6.45, 7) is 0.688. The molecule has 2 atom stereocenters. The van der Waals surface area contributed by atoms with Crippen LogP contribution in [0.4, 0.5) is 26.3 Å². The van der Waals surface area contributed by atoms with Crippen molar-refractivity contribution >= 4 is 29.5 Å². The molecule has 1 aliphatic carbocycles. The lowest BCUT2D eigenvalue weighted by Crippen LogP contribution is -2.25. The van der Waals surface area contributed by atoms with Gasteiger partial charge in [0.1, 0.15) is 12.2 Å². The van der Waals surface area contributed by atoms with Gasteiger partial charge in [0.05, 0.1) is 61.5 Å². The number of hydrogen-bond acceptors (Lipinski definition) is 8. The number of hydrogen-bond donors (Lipinski definition) is 2. The quantitative estimate of drug-likeness (QED) is 0.146. The number of halogens is 6. The lowest BCUT2D eigenvalue weighted by molar-refractivity contribution is -0.155. The Bertz CT molecular complexity index is 1280. The standard InChI is InChI=1S/C28H30F6O10/c1-15(13-41-9-7-27(29,30)31)43-25(39)19-5-3-17(11-21(19)23(35)36)18-4-6-20(22(12-18)24(37)38)26(40)44-16(2)14-42-10-8-28(32,33)34/h3,5,11-12,15-16H,4,6-10,13-14H2,1-2H3,(H,35,36)(H,37,38). The Balaban J connectivity index is 2.16. The van der Waals surface area contributed by atoms with E-state index in [1.807, 2.05) is 0 Å². The Kier molecular flexibility index (Phi) is 12.9. The highest BCUT2D eigenvalue weighted by Gasteiger charge is 2.30. The van der Waals surface area contributed by atoms with E-state index in [0.717, 1.165) is 18.2 Å². The summed E-state index contributed by atoms with van der Waals surface area (Å²) >= 11 is 0. The molecular weight excluding hydrogens is 610 g/mol. The van der Waals surface area contributed by atoms with Gasteiger partial charge < -0.3 is 29.2 Å². The van der Waals surface area contributed by atoms with Crippen molar-refractivity contribution in [3.63, 3.8) is 0 Å². The zero-order valence-electron chi connectivity index (χ0n) is 23.5. The largest absolute Gasteiger partial charge is 0.478 e. The predicted octanol–water partition coefficient (Wildman–Crippen LogP) is 5.36. The van der Waals surface area contributed by atoms with Crippen LogP contribution < -0.4 is 0 Å². The minimum absolute atomic E-state index is 0.0623. The second-order valence-corrected chi connectivity index (χ2v) is 9.74. The van der Waals surface area contributed by atoms with Crippen molar-refractivity contribution < 1.29 is 74.7 Å². The van der Waals surface area contributed by atoms with Gasteiger partial charge in [-0.1, -0.05) is 6.07 Å². The monoisotopic (exact) mass is 640 g/mol. The molecule has 10 nitrogen and oxygen atoms in total. The van der Waals surface area contributed by atoms with Crippen molar-refractivity contribution in [2.75, 3.05) is 26.4 Å². The number of esters is 2. The van der Waals surface area contributed by atoms with Gasteiger partial charge in [0.25, 0.3) is 0 Å². The molecule has 2 rings (SSSR count). The highest BCUT2D eigenvalue weighted by atomic mass is 19.4. The molecule has 2 unspecified atom stereocenters. The number of carboxylic acids is 2. The molecule has 1 aromatic rings. The minimum Gasteiger partial charge on any atom is -0.478 e. The normalized spacial score (nSPS) is 15.3.